The van der Waals surface area contributed by atoms with E-state index in [9.17, 15) is 4.79 Å². The molecule has 0 aromatic rings. The molecule has 0 radical (unpaired) electrons. The van der Waals surface area contributed by atoms with E-state index in [2.05, 4.69) is 10.6 Å². The standard InChI is InChI=1S/C10H20N2O3/c1-7(10(14-2)15-3)12-8-4-5-9(13)11-6-8/h7-8,10,12H,4-6H2,1-3H3,(H,11,13). The number of carbonyl (C=O) groups excluding carboxylic acids is 1. The van der Waals surface area contributed by atoms with Gasteiger partial charge in [0.25, 0.3) is 0 Å². The molecule has 2 N–H and O–H groups in total. The molecule has 1 amide bonds. The van der Waals surface area contributed by atoms with E-state index in [0.717, 1.165) is 6.42 Å². The first-order valence-electron chi connectivity index (χ1n) is 5.25. The third kappa shape index (κ3) is 3.77. The number of carbonyl (C=O) groups is 1. The first kappa shape index (κ1) is 12.4. The summed E-state index contributed by atoms with van der Waals surface area (Å²) < 4.78 is 10.3. The number of amides is 1. The minimum Gasteiger partial charge on any atom is -0.355 e. The van der Waals surface area contributed by atoms with Crippen LogP contribution in [0.2, 0.25) is 0 Å². The van der Waals surface area contributed by atoms with E-state index >= 15 is 0 Å². The average Bonchev–Trinajstić information content (AvgIpc) is 2.23. The van der Waals surface area contributed by atoms with Crippen molar-refractivity contribution in [3.05, 3.63) is 0 Å². The fraction of sp³-hybridized carbons (Fsp3) is 0.900. The van der Waals surface area contributed by atoms with Crippen molar-refractivity contribution in [2.24, 2.45) is 0 Å². The Morgan fingerprint density at radius 2 is 2.13 bits per heavy atom. The Hall–Kier alpha value is -0.650. The molecule has 5 heteroatoms. The molecule has 15 heavy (non-hydrogen) atoms. The van der Waals surface area contributed by atoms with Gasteiger partial charge in [0.2, 0.25) is 5.91 Å². The quantitative estimate of drug-likeness (QED) is 0.628. The third-order valence-corrected chi connectivity index (χ3v) is 2.64. The third-order valence-electron chi connectivity index (χ3n) is 2.64. The van der Waals surface area contributed by atoms with E-state index in [1.54, 1.807) is 14.2 Å². The molecule has 1 rings (SSSR count). The second-order valence-electron chi connectivity index (χ2n) is 3.83. The Morgan fingerprint density at radius 1 is 1.47 bits per heavy atom. The fourth-order valence-electron chi connectivity index (χ4n) is 1.83. The van der Waals surface area contributed by atoms with Gasteiger partial charge in [-0.15, -0.1) is 0 Å². The molecule has 1 fully saturated rings. The van der Waals surface area contributed by atoms with E-state index in [4.69, 9.17) is 9.47 Å². The van der Waals surface area contributed by atoms with E-state index in [1.165, 1.54) is 0 Å². The molecule has 1 aliphatic heterocycles. The van der Waals surface area contributed by atoms with Gasteiger partial charge in [-0.1, -0.05) is 0 Å². The highest BCUT2D eigenvalue weighted by molar-refractivity contribution is 5.76. The van der Waals surface area contributed by atoms with E-state index in [-0.39, 0.29) is 18.2 Å². The van der Waals surface area contributed by atoms with Crippen LogP contribution in [0.5, 0.6) is 0 Å². The average molecular weight is 216 g/mol. The maximum absolute atomic E-state index is 11.0. The first-order chi connectivity index (χ1) is 7.17. The summed E-state index contributed by atoms with van der Waals surface area (Å²) in [5.41, 5.74) is 0. The smallest absolute Gasteiger partial charge is 0.220 e. The Bertz CT molecular complexity index is 197. The molecule has 5 nitrogen and oxygen atoms in total. The number of piperidine rings is 1. The molecule has 2 atom stereocenters. The van der Waals surface area contributed by atoms with Crippen molar-refractivity contribution in [3.63, 3.8) is 0 Å². The molecule has 0 aliphatic carbocycles. The highest BCUT2D eigenvalue weighted by atomic mass is 16.7. The number of methoxy groups -OCH3 is 2. The van der Waals surface area contributed by atoms with Gasteiger partial charge in [0.1, 0.15) is 0 Å². The SMILES string of the molecule is COC(OC)C(C)NC1CCC(=O)NC1. The van der Waals surface area contributed by atoms with Crippen molar-refractivity contribution in [3.8, 4) is 0 Å². The lowest BCUT2D eigenvalue weighted by molar-refractivity contribution is -0.125. The predicted molar refractivity (Wildman–Crippen MR) is 56.4 cm³/mol. The van der Waals surface area contributed by atoms with Crippen LogP contribution in [-0.2, 0) is 14.3 Å². The van der Waals surface area contributed by atoms with Crippen LogP contribution < -0.4 is 10.6 Å². The summed E-state index contributed by atoms with van der Waals surface area (Å²) in [4.78, 5) is 11.0. The number of rotatable bonds is 5. The molecule has 0 spiro atoms. The van der Waals surface area contributed by atoms with Crippen LogP contribution in [0.4, 0.5) is 0 Å². The van der Waals surface area contributed by atoms with Crippen LogP contribution in [0.3, 0.4) is 0 Å². The zero-order valence-corrected chi connectivity index (χ0v) is 9.58. The van der Waals surface area contributed by atoms with Gasteiger partial charge >= 0.3 is 0 Å². The van der Waals surface area contributed by atoms with Crippen molar-refractivity contribution in [1.29, 1.82) is 0 Å². The predicted octanol–water partition coefficient (Wildman–Crippen LogP) is -0.138. The minimum absolute atomic E-state index is 0.111. The maximum atomic E-state index is 11.0. The highest BCUT2D eigenvalue weighted by Crippen LogP contribution is 2.06. The summed E-state index contributed by atoms with van der Waals surface area (Å²) in [5, 5.41) is 6.21. The van der Waals surface area contributed by atoms with Crippen molar-refractivity contribution < 1.29 is 14.3 Å². The molecule has 2 unspecified atom stereocenters. The van der Waals surface area contributed by atoms with Gasteiger partial charge in [0.15, 0.2) is 6.29 Å². The number of nitrogens with one attached hydrogen (secondary N) is 2. The van der Waals surface area contributed by atoms with Gasteiger partial charge in [-0.25, -0.2) is 0 Å². The number of ether oxygens (including phenoxy) is 2. The van der Waals surface area contributed by atoms with Crippen LogP contribution in [0.1, 0.15) is 19.8 Å². The van der Waals surface area contributed by atoms with Crippen LogP contribution in [-0.4, -0.2) is 45.0 Å². The van der Waals surface area contributed by atoms with Crippen molar-refractivity contribution in [1.82, 2.24) is 10.6 Å². The summed E-state index contributed by atoms with van der Waals surface area (Å²) in [6.45, 7) is 2.69. The molecule has 0 saturated carbocycles. The monoisotopic (exact) mass is 216 g/mol. The molecular formula is C10H20N2O3. The molecule has 0 bridgehead atoms. The second kappa shape index (κ2) is 6.05. The molecule has 0 aromatic carbocycles. The molecule has 1 saturated heterocycles. The summed E-state index contributed by atoms with van der Waals surface area (Å²) in [6, 6.07) is 0.422. The first-order valence-corrected chi connectivity index (χ1v) is 5.25. The molecule has 0 aromatic heterocycles. The zero-order chi connectivity index (χ0) is 11.3. The molecule has 88 valence electrons. The Labute approximate surface area is 90.5 Å². The van der Waals surface area contributed by atoms with Crippen LogP contribution in [0.25, 0.3) is 0 Å². The largest absolute Gasteiger partial charge is 0.355 e. The normalized spacial score (nSPS) is 24.0. The highest BCUT2D eigenvalue weighted by Gasteiger charge is 2.23. The summed E-state index contributed by atoms with van der Waals surface area (Å²) >= 11 is 0. The Balaban J connectivity index is 2.31. The second-order valence-corrected chi connectivity index (χ2v) is 3.83. The van der Waals surface area contributed by atoms with E-state index < -0.39 is 0 Å². The van der Waals surface area contributed by atoms with Gasteiger partial charge < -0.3 is 20.1 Å². The van der Waals surface area contributed by atoms with E-state index in [0.29, 0.717) is 19.0 Å². The lowest BCUT2D eigenvalue weighted by atomic mass is 10.1. The number of hydrogen-bond acceptors (Lipinski definition) is 4. The Morgan fingerprint density at radius 3 is 2.60 bits per heavy atom. The summed E-state index contributed by atoms with van der Waals surface area (Å²) in [6.07, 6.45) is 1.22. The Kier molecular flexibility index (Phi) is 5.01. The minimum atomic E-state index is -0.248. The van der Waals surface area contributed by atoms with Crippen LogP contribution in [0.15, 0.2) is 0 Å². The van der Waals surface area contributed by atoms with Crippen molar-refractivity contribution >= 4 is 5.91 Å². The van der Waals surface area contributed by atoms with Gasteiger partial charge in [-0.3, -0.25) is 4.79 Å². The topological polar surface area (TPSA) is 59.6 Å². The number of hydrogen-bond donors (Lipinski definition) is 2. The molecule has 1 heterocycles. The van der Waals surface area contributed by atoms with Crippen LogP contribution >= 0.6 is 0 Å². The van der Waals surface area contributed by atoms with Crippen molar-refractivity contribution in [2.75, 3.05) is 20.8 Å². The molecule has 1 aliphatic rings. The zero-order valence-electron chi connectivity index (χ0n) is 9.58. The van der Waals surface area contributed by atoms with E-state index in [1.807, 2.05) is 6.92 Å². The summed E-state index contributed by atoms with van der Waals surface area (Å²) in [5.74, 6) is 0.135. The van der Waals surface area contributed by atoms with Gasteiger partial charge in [-0.2, -0.15) is 0 Å². The lowest BCUT2D eigenvalue weighted by Gasteiger charge is -2.29. The lowest BCUT2D eigenvalue weighted by Crippen LogP contribution is -2.52. The van der Waals surface area contributed by atoms with Gasteiger partial charge in [0.05, 0.1) is 6.04 Å². The van der Waals surface area contributed by atoms with Crippen molar-refractivity contribution in [2.45, 2.75) is 38.1 Å². The molecular weight excluding hydrogens is 196 g/mol. The van der Waals surface area contributed by atoms with Crippen LogP contribution in [0, 0.1) is 0 Å². The van der Waals surface area contributed by atoms with Gasteiger partial charge in [-0.05, 0) is 13.3 Å². The maximum Gasteiger partial charge on any atom is 0.220 e. The summed E-state index contributed by atoms with van der Waals surface area (Å²) in [7, 11) is 3.24. The fourth-order valence-corrected chi connectivity index (χ4v) is 1.83. The van der Waals surface area contributed by atoms with Gasteiger partial charge in [0, 0.05) is 33.2 Å².